The van der Waals surface area contributed by atoms with Crippen LogP contribution in [0.1, 0.15) is 72.1 Å². The minimum absolute atomic E-state index is 0.0213. The first-order valence-electron chi connectivity index (χ1n) is 9.75. The van der Waals surface area contributed by atoms with Gasteiger partial charge in [-0.25, -0.2) is 0 Å². The van der Waals surface area contributed by atoms with Gasteiger partial charge < -0.3 is 4.74 Å². The fourth-order valence-corrected chi connectivity index (χ4v) is 4.83. The van der Waals surface area contributed by atoms with Gasteiger partial charge in [0.1, 0.15) is 6.10 Å². The first-order valence-corrected chi connectivity index (χ1v) is 9.75. The number of ether oxygens (including phenoxy) is 1. The van der Waals surface area contributed by atoms with Gasteiger partial charge in [0.25, 0.3) is 0 Å². The van der Waals surface area contributed by atoms with Gasteiger partial charge in [-0.15, -0.1) is 0 Å². The number of piperidine rings is 1. The lowest BCUT2D eigenvalue weighted by atomic mass is 9.70. The number of carbonyl (C=O) groups is 1. The van der Waals surface area contributed by atoms with Crippen LogP contribution in [-0.2, 0) is 9.53 Å². The molecule has 0 N–H and O–H groups in total. The van der Waals surface area contributed by atoms with E-state index in [1.807, 2.05) is 13.8 Å². The number of hydrogen-bond donors (Lipinski definition) is 0. The molecule has 0 radical (unpaired) electrons. The average molecular weight is 319 g/mol. The monoisotopic (exact) mass is 319 g/mol. The number of likely N-dealkylation sites (tertiary alicyclic amines) is 1. The van der Waals surface area contributed by atoms with Crippen LogP contribution in [0.2, 0.25) is 0 Å². The lowest BCUT2D eigenvalue weighted by Gasteiger charge is -2.47. The van der Waals surface area contributed by atoms with Gasteiger partial charge in [-0.3, -0.25) is 9.69 Å². The molecule has 1 fully saturated rings. The van der Waals surface area contributed by atoms with Crippen molar-refractivity contribution in [2.24, 2.45) is 11.8 Å². The SMILES string of the molecule is CCCN1CCCC2CC3=C(CCCC3OC(=O)C(C)C)CC21. The maximum absolute atomic E-state index is 12.1. The highest BCUT2D eigenvalue weighted by molar-refractivity contribution is 5.72. The smallest absolute Gasteiger partial charge is 0.308 e. The molecule has 3 aliphatic rings. The first kappa shape index (κ1) is 17.0. The van der Waals surface area contributed by atoms with Crippen molar-refractivity contribution in [2.45, 2.75) is 84.3 Å². The van der Waals surface area contributed by atoms with Gasteiger partial charge in [-0.2, -0.15) is 0 Å². The zero-order valence-electron chi connectivity index (χ0n) is 15.1. The van der Waals surface area contributed by atoms with E-state index in [9.17, 15) is 4.79 Å². The molecule has 1 heterocycles. The normalized spacial score (nSPS) is 31.7. The highest BCUT2D eigenvalue weighted by Gasteiger charge is 2.39. The quantitative estimate of drug-likeness (QED) is 0.571. The van der Waals surface area contributed by atoms with Crippen molar-refractivity contribution in [2.75, 3.05) is 13.1 Å². The summed E-state index contributed by atoms with van der Waals surface area (Å²) in [5, 5.41) is 0. The van der Waals surface area contributed by atoms with E-state index >= 15 is 0 Å². The third kappa shape index (κ3) is 3.65. The molecular formula is C20H33NO2. The molecular weight excluding hydrogens is 286 g/mol. The number of rotatable bonds is 4. The number of fused-ring (bicyclic) bond motifs is 1. The Morgan fingerprint density at radius 1 is 1.26 bits per heavy atom. The predicted octanol–water partition coefficient (Wildman–Crippen LogP) is 4.32. The second-order valence-electron chi connectivity index (χ2n) is 8.02. The Labute approximate surface area is 141 Å². The van der Waals surface area contributed by atoms with Gasteiger partial charge in [0.05, 0.1) is 5.92 Å². The van der Waals surface area contributed by atoms with Crippen LogP contribution in [0, 0.1) is 11.8 Å². The molecule has 3 rings (SSSR count). The zero-order valence-corrected chi connectivity index (χ0v) is 15.1. The van der Waals surface area contributed by atoms with Crippen LogP contribution < -0.4 is 0 Å². The minimum atomic E-state index is -0.0258. The first-order chi connectivity index (χ1) is 11.1. The van der Waals surface area contributed by atoms with Crippen LogP contribution in [-0.4, -0.2) is 36.1 Å². The van der Waals surface area contributed by atoms with Crippen LogP contribution in [0.5, 0.6) is 0 Å². The number of esters is 1. The molecule has 0 aromatic rings. The summed E-state index contributed by atoms with van der Waals surface area (Å²) in [4.78, 5) is 14.8. The summed E-state index contributed by atoms with van der Waals surface area (Å²) >= 11 is 0. The van der Waals surface area contributed by atoms with Gasteiger partial charge in [-0.05, 0) is 75.9 Å². The van der Waals surface area contributed by atoms with E-state index < -0.39 is 0 Å². The Bertz CT molecular complexity index is 466. The summed E-state index contributed by atoms with van der Waals surface area (Å²) in [7, 11) is 0. The van der Waals surface area contributed by atoms with Gasteiger partial charge in [0.2, 0.25) is 0 Å². The van der Waals surface area contributed by atoms with E-state index in [0.29, 0.717) is 0 Å². The van der Waals surface area contributed by atoms with Gasteiger partial charge in [0, 0.05) is 6.04 Å². The summed E-state index contributed by atoms with van der Waals surface area (Å²) in [6.45, 7) is 8.68. The van der Waals surface area contributed by atoms with Crippen molar-refractivity contribution in [1.82, 2.24) is 4.90 Å². The Morgan fingerprint density at radius 3 is 2.83 bits per heavy atom. The highest BCUT2D eigenvalue weighted by Crippen LogP contribution is 2.44. The van der Waals surface area contributed by atoms with Crippen LogP contribution in [0.4, 0.5) is 0 Å². The predicted molar refractivity (Wildman–Crippen MR) is 93.2 cm³/mol. The van der Waals surface area contributed by atoms with Crippen molar-refractivity contribution in [1.29, 1.82) is 0 Å². The fraction of sp³-hybridized carbons (Fsp3) is 0.850. The summed E-state index contributed by atoms with van der Waals surface area (Å²) in [5.74, 6) is 0.738. The van der Waals surface area contributed by atoms with Gasteiger partial charge in [0.15, 0.2) is 0 Å². The molecule has 0 aromatic carbocycles. The fourth-order valence-electron chi connectivity index (χ4n) is 4.83. The zero-order chi connectivity index (χ0) is 16.4. The molecule has 1 saturated heterocycles. The molecule has 3 nitrogen and oxygen atoms in total. The Hall–Kier alpha value is -0.830. The van der Waals surface area contributed by atoms with Crippen molar-refractivity contribution in [3.8, 4) is 0 Å². The Morgan fingerprint density at radius 2 is 2.09 bits per heavy atom. The van der Waals surface area contributed by atoms with E-state index in [1.54, 1.807) is 5.57 Å². The number of carbonyl (C=O) groups excluding carboxylic acids is 1. The maximum atomic E-state index is 12.1. The van der Waals surface area contributed by atoms with Crippen molar-refractivity contribution in [3.05, 3.63) is 11.1 Å². The van der Waals surface area contributed by atoms with Crippen molar-refractivity contribution < 1.29 is 9.53 Å². The molecule has 0 amide bonds. The van der Waals surface area contributed by atoms with Crippen LogP contribution in [0.3, 0.4) is 0 Å². The molecule has 23 heavy (non-hydrogen) atoms. The molecule has 0 aromatic heterocycles. The Kier molecular flexibility index (Phi) is 5.45. The molecule has 0 spiro atoms. The molecule has 3 heteroatoms. The summed E-state index contributed by atoms with van der Waals surface area (Å²) < 4.78 is 5.87. The average Bonchev–Trinajstić information content (AvgIpc) is 2.54. The molecule has 3 atom stereocenters. The van der Waals surface area contributed by atoms with Crippen molar-refractivity contribution in [3.63, 3.8) is 0 Å². The van der Waals surface area contributed by atoms with Crippen LogP contribution in [0.25, 0.3) is 0 Å². The molecule has 2 aliphatic carbocycles. The lowest BCUT2D eigenvalue weighted by molar-refractivity contribution is -0.152. The topological polar surface area (TPSA) is 29.5 Å². The second kappa shape index (κ2) is 7.38. The highest BCUT2D eigenvalue weighted by atomic mass is 16.5. The molecule has 130 valence electrons. The van der Waals surface area contributed by atoms with Gasteiger partial charge in [-0.1, -0.05) is 26.3 Å². The summed E-state index contributed by atoms with van der Waals surface area (Å²) in [5.41, 5.74) is 3.13. The summed E-state index contributed by atoms with van der Waals surface area (Å²) in [6, 6.07) is 0.752. The standard InChI is InChI=1S/C20H33NO2/c1-4-10-21-11-6-8-16-12-17-15(13-18(16)21)7-5-9-19(17)23-20(22)14(2)3/h14,16,18-19H,4-13H2,1-3H3. The minimum Gasteiger partial charge on any atom is -0.458 e. The number of nitrogens with zero attached hydrogens (tertiary/aromatic N) is 1. The van der Waals surface area contributed by atoms with Crippen molar-refractivity contribution >= 4 is 5.97 Å². The van der Waals surface area contributed by atoms with E-state index in [-0.39, 0.29) is 18.0 Å². The summed E-state index contributed by atoms with van der Waals surface area (Å²) in [6.07, 6.45) is 9.88. The van der Waals surface area contributed by atoms with E-state index in [0.717, 1.165) is 18.4 Å². The molecule has 3 unspecified atom stereocenters. The largest absolute Gasteiger partial charge is 0.458 e. The third-order valence-corrected chi connectivity index (χ3v) is 6.00. The molecule has 0 saturated carbocycles. The maximum Gasteiger partial charge on any atom is 0.308 e. The van der Waals surface area contributed by atoms with E-state index in [2.05, 4.69) is 11.8 Å². The lowest BCUT2D eigenvalue weighted by Crippen LogP contribution is -2.48. The number of hydrogen-bond acceptors (Lipinski definition) is 3. The Balaban J connectivity index is 1.75. The van der Waals surface area contributed by atoms with Gasteiger partial charge >= 0.3 is 5.97 Å². The molecule has 1 aliphatic heterocycles. The third-order valence-electron chi connectivity index (χ3n) is 6.00. The molecule has 0 bridgehead atoms. The van der Waals surface area contributed by atoms with E-state index in [4.69, 9.17) is 4.74 Å². The second-order valence-corrected chi connectivity index (χ2v) is 8.02. The van der Waals surface area contributed by atoms with Crippen LogP contribution >= 0.6 is 0 Å². The van der Waals surface area contributed by atoms with Crippen LogP contribution in [0.15, 0.2) is 11.1 Å². The van der Waals surface area contributed by atoms with E-state index in [1.165, 1.54) is 63.6 Å².